The summed E-state index contributed by atoms with van der Waals surface area (Å²) in [5, 5.41) is 12.9. The van der Waals surface area contributed by atoms with Gasteiger partial charge < -0.3 is 15.7 Å². The predicted octanol–water partition coefficient (Wildman–Crippen LogP) is 1.69. The van der Waals surface area contributed by atoms with Gasteiger partial charge in [0.2, 0.25) is 0 Å². The second-order valence-corrected chi connectivity index (χ2v) is 4.93. The van der Waals surface area contributed by atoms with Crippen molar-refractivity contribution >= 4 is 29.1 Å². The molecule has 1 aromatic rings. The summed E-state index contributed by atoms with van der Waals surface area (Å²) in [6.07, 6.45) is 0.483. The van der Waals surface area contributed by atoms with Crippen LogP contribution < -0.4 is 10.6 Å². The summed E-state index contributed by atoms with van der Waals surface area (Å²) in [6, 6.07) is 1.39. The van der Waals surface area contributed by atoms with Gasteiger partial charge in [0.15, 0.2) is 11.6 Å². The molecule has 0 aromatic heterocycles. The van der Waals surface area contributed by atoms with E-state index in [0.29, 0.717) is 18.6 Å². The van der Waals surface area contributed by atoms with Gasteiger partial charge in [0.25, 0.3) is 0 Å². The number of halogens is 3. The molecule has 1 aromatic carbocycles. The standard InChI is InChI=1S/C13H15ClF2N2O3/c1-7(2-3-19)6-17-12(20)13(21)18-11-5-10(16)9(15)4-8(11)14/h4-5,7,19H,2-3,6H2,1H3,(H,17,20)(H,18,21). The molecule has 0 radical (unpaired) electrons. The second-order valence-electron chi connectivity index (χ2n) is 4.53. The topological polar surface area (TPSA) is 78.4 Å². The van der Waals surface area contributed by atoms with Crippen molar-refractivity contribution in [1.29, 1.82) is 0 Å². The van der Waals surface area contributed by atoms with Gasteiger partial charge in [0.05, 0.1) is 10.7 Å². The fraction of sp³-hybridized carbons (Fsp3) is 0.385. The van der Waals surface area contributed by atoms with Crippen molar-refractivity contribution in [1.82, 2.24) is 5.32 Å². The Balaban J connectivity index is 2.60. The highest BCUT2D eigenvalue weighted by atomic mass is 35.5. The Kier molecular flexibility index (Phi) is 6.51. The zero-order chi connectivity index (χ0) is 16.0. The maximum absolute atomic E-state index is 13.0. The number of hydrogen-bond donors (Lipinski definition) is 3. The van der Waals surface area contributed by atoms with Crippen molar-refractivity contribution in [2.45, 2.75) is 13.3 Å². The number of nitrogens with one attached hydrogen (secondary N) is 2. The summed E-state index contributed by atoms with van der Waals surface area (Å²) in [7, 11) is 0. The number of anilines is 1. The van der Waals surface area contributed by atoms with Crippen molar-refractivity contribution in [3.8, 4) is 0 Å². The van der Waals surface area contributed by atoms with E-state index in [4.69, 9.17) is 16.7 Å². The molecule has 0 saturated heterocycles. The summed E-state index contributed by atoms with van der Waals surface area (Å²) < 4.78 is 25.9. The maximum atomic E-state index is 13.0. The molecular formula is C13H15ClF2N2O3. The second kappa shape index (κ2) is 7.90. The van der Waals surface area contributed by atoms with Crippen molar-refractivity contribution in [3.05, 3.63) is 28.8 Å². The molecule has 116 valence electrons. The molecule has 2 amide bonds. The van der Waals surface area contributed by atoms with Gasteiger partial charge in [-0.2, -0.15) is 0 Å². The van der Waals surface area contributed by atoms with Gasteiger partial charge in [0.1, 0.15) is 0 Å². The lowest BCUT2D eigenvalue weighted by atomic mass is 10.1. The van der Waals surface area contributed by atoms with Gasteiger partial charge in [-0.3, -0.25) is 9.59 Å². The highest BCUT2D eigenvalue weighted by Crippen LogP contribution is 2.24. The van der Waals surface area contributed by atoms with E-state index in [1.54, 1.807) is 6.92 Å². The molecule has 3 N–H and O–H groups in total. The number of hydrogen-bond acceptors (Lipinski definition) is 3. The van der Waals surface area contributed by atoms with E-state index < -0.39 is 23.4 Å². The quantitative estimate of drug-likeness (QED) is 0.570. The maximum Gasteiger partial charge on any atom is 0.313 e. The predicted molar refractivity (Wildman–Crippen MR) is 73.9 cm³/mol. The number of aliphatic hydroxyl groups excluding tert-OH is 1. The zero-order valence-corrected chi connectivity index (χ0v) is 12.0. The molecule has 0 aliphatic heterocycles. The molecule has 5 nitrogen and oxygen atoms in total. The molecule has 1 rings (SSSR count). The Hall–Kier alpha value is -1.73. The van der Waals surface area contributed by atoms with E-state index in [1.807, 2.05) is 0 Å². The average molecular weight is 321 g/mol. The normalized spacial score (nSPS) is 11.9. The molecule has 1 atom stereocenters. The van der Waals surface area contributed by atoms with Crippen LogP contribution in [0.1, 0.15) is 13.3 Å². The van der Waals surface area contributed by atoms with Crippen molar-refractivity contribution < 1.29 is 23.5 Å². The minimum Gasteiger partial charge on any atom is -0.396 e. The lowest BCUT2D eigenvalue weighted by Crippen LogP contribution is -2.37. The third-order valence-electron chi connectivity index (χ3n) is 2.70. The highest BCUT2D eigenvalue weighted by Gasteiger charge is 2.17. The lowest BCUT2D eigenvalue weighted by molar-refractivity contribution is -0.136. The van der Waals surface area contributed by atoms with E-state index in [0.717, 1.165) is 0 Å². The van der Waals surface area contributed by atoms with Gasteiger partial charge >= 0.3 is 11.8 Å². The van der Waals surface area contributed by atoms with E-state index in [-0.39, 0.29) is 29.8 Å². The van der Waals surface area contributed by atoms with Crippen LogP contribution in [0.15, 0.2) is 12.1 Å². The summed E-state index contributed by atoms with van der Waals surface area (Å²) in [5.41, 5.74) is -0.195. The van der Waals surface area contributed by atoms with Crippen molar-refractivity contribution in [2.75, 3.05) is 18.5 Å². The Labute approximate surface area is 125 Å². The fourth-order valence-corrected chi connectivity index (χ4v) is 1.66. The molecule has 0 fully saturated rings. The molecule has 21 heavy (non-hydrogen) atoms. The van der Waals surface area contributed by atoms with Gasteiger partial charge in [0, 0.05) is 19.2 Å². The van der Waals surface area contributed by atoms with Crippen LogP contribution in [0.4, 0.5) is 14.5 Å². The van der Waals surface area contributed by atoms with Crippen molar-refractivity contribution in [3.63, 3.8) is 0 Å². The Bertz CT molecular complexity index is 540. The molecule has 0 saturated carbocycles. The highest BCUT2D eigenvalue weighted by molar-refractivity contribution is 6.41. The van der Waals surface area contributed by atoms with Gasteiger partial charge in [-0.1, -0.05) is 18.5 Å². The van der Waals surface area contributed by atoms with E-state index in [2.05, 4.69) is 10.6 Å². The van der Waals surface area contributed by atoms with Crippen molar-refractivity contribution in [2.24, 2.45) is 5.92 Å². The van der Waals surface area contributed by atoms with Crippen LogP contribution in [0.5, 0.6) is 0 Å². The molecule has 0 spiro atoms. The third kappa shape index (κ3) is 5.28. The van der Waals surface area contributed by atoms with Crippen LogP contribution in [-0.4, -0.2) is 30.1 Å². The van der Waals surface area contributed by atoms with Gasteiger partial charge in [-0.15, -0.1) is 0 Å². The number of aliphatic hydroxyl groups is 1. The van der Waals surface area contributed by atoms with Gasteiger partial charge in [-0.05, 0) is 18.4 Å². The van der Waals surface area contributed by atoms with Gasteiger partial charge in [-0.25, -0.2) is 8.78 Å². The third-order valence-corrected chi connectivity index (χ3v) is 3.01. The SMILES string of the molecule is CC(CCO)CNC(=O)C(=O)Nc1cc(F)c(F)cc1Cl. The summed E-state index contributed by atoms with van der Waals surface area (Å²) >= 11 is 5.64. The minimum absolute atomic E-state index is 0.00129. The Morgan fingerprint density at radius 2 is 1.90 bits per heavy atom. The molecule has 0 aliphatic carbocycles. The van der Waals surface area contributed by atoms with E-state index in [9.17, 15) is 18.4 Å². The average Bonchev–Trinajstić information content (AvgIpc) is 2.42. The molecule has 8 heteroatoms. The Morgan fingerprint density at radius 1 is 1.29 bits per heavy atom. The summed E-state index contributed by atoms with van der Waals surface area (Å²) in [4.78, 5) is 23.1. The summed E-state index contributed by atoms with van der Waals surface area (Å²) in [5.74, 6) is -4.31. The molecule has 0 bridgehead atoms. The first kappa shape index (κ1) is 17.3. The van der Waals surface area contributed by atoms with Crippen LogP contribution in [0.3, 0.4) is 0 Å². The molecule has 0 heterocycles. The van der Waals surface area contributed by atoms with Crippen LogP contribution in [0.2, 0.25) is 5.02 Å². The monoisotopic (exact) mass is 320 g/mol. The summed E-state index contributed by atoms with van der Waals surface area (Å²) in [6.45, 7) is 1.98. The molecular weight excluding hydrogens is 306 g/mol. The van der Waals surface area contributed by atoms with Crippen LogP contribution in [0, 0.1) is 17.6 Å². The van der Waals surface area contributed by atoms with E-state index >= 15 is 0 Å². The minimum atomic E-state index is -1.19. The lowest BCUT2D eigenvalue weighted by Gasteiger charge is -2.11. The smallest absolute Gasteiger partial charge is 0.313 e. The number of amides is 2. The largest absolute Gasteiger partial charge is 0.396 e. The number of benzene rings is 1. The first-order valence-corrected chi connectivity index (χ1v) is 6.57. The first-order valence-electron chi connectivity index (χ1n) is 6.19. The molecule has 0 aliphatic rings. The zero-order valence-electron chi connectivity index (χ0n) is 11.3. The fourth-order valence-electron chi connectivity index (χ4n) is 1.47. The van der Waals surface area contributed by atoms with E-state index in [1.165, 1.54) is 0 Å². The Morgan fingerprint density at radius 3 is 2.52 bits per heavy atom. The van der Waals surface area contributed by atoms with Crippen LogP contribution >= 0.6 is 11.6 Å². The first-order chi connectivity index (χ1) is 9.85. The molecule has 1 unspecified atom stereocenters. The number of carbonyl (C=O) groups is 2. The van der Waals surface area contributed by atoms with Crippen LogP contribution in [0.25, 0.3) is 0 Å². The number of rotatable bonds is 5. The number of carbonyl (C=O) groups excluding carboxylic acids is 2. The van der Waals surface area contributed by atoms with Crippen LogP contribution in [-0.2, 0) is 9.59 Å².